The van der Waals surface area contributed by atoms with E-state index in [0.717, 1.165) is 16.6 Å². The summed E-state index contributed by atoms with van der Waals surface area (Å²) in [6, 6.07) is 24.6. The molecule has 0 aliphatic heterocycles. The van der Waals surface area contributed by atoms with Crippen LogP contribution in [0.1, 0.15) is 28.7 Å². The molecule has 1 N–H and O–H groups in total. The van der Waals surface area contributed by atoms with Gasteiger partial charge in [0.2, 0.25) is 5.91 Å². The zero-order valence-electron chi connectivity index (χ0n) is 15.5. The minimum Gasteiger partial charge on any atom is -0.326 e. The number of hydrogen-bond donors (Lipinski definition) is 1. The Hall–Kier alpha value is -2.39. The normalized spacial score (nSPS) is 17.4. The van der Waals surface area contributed by atoms with Crippen LogP contribution < -0.4 is 5.32 Å². The zero-order chi connectivity index (χ0) is 19.0. The van der Waals surface area contributed by atoms with Gasteiger partial charge in [0, 0.05) is 15.6 Å². The molecule has 0 heterocycles. The molecule has 0 radical (unpaired) electrons. The Morgan fingerprint density at radius 1 is 0.889 bits per heavy atom. The van der Waals surface area contributed by atoms with Crippen LogP contribution in [-0.4, -0.2) is 5.91 Å². The maximum Gasteiger partial charge on any atom is 0.228 e. The fourth-order valence-corrected chi connectivity index (χ4v) is 4.49. The summed E-state index contributed by atoms with van der Waals surface area (Å²) >= 11 is 3.44. The first-order valence-corrected chi connectivity index (χ1v) is 10.0. The van der Waals surface area contributed by atoms with Gasteiger partial charge in [0.05, 0.1) is 5.92 Å². The van der Waals surface area contributed by atoms with Gasteiger partial charge < -0.3 is 5.32 Å². The van der Waals surface area contributed by atoms with Gasteiger partial charge >= 0.3 is 0 Å². The lowest BCUT2D eigenvalue weighted by Crippen LogP contribution is -2.23. The molecular weight excluding hydrogens is 398 g/mol. The number of anilines is 1. The third-order valence-corrected chi connectivity index (χ3v) is 6.17. The second kappa shape index (κ2) is 6.97. The fourth-order valence-electron chi connectivity index (χ4n) is 4.23. The van der Waals surface area contributed by atoms with E-state index >= 15 is 0 Å². The van der Waals surface area contributed by atoms with E-state index in [2.05, 4.69) is 83.6 Å². The number of nitrogens with one attached hydrogen (secondary N) is 1. The summed E-state index contributed by atoms with van der Waals surface area (Å²) in [5, 5.41) is 3.10. The summed E-state index contributed by atoms with van der Waals surface area (Å²) in [5.74, 6) is 0.0205. The minimum atomic E-state index is -0.240. The molecule has 1 aliphatic carbocycles. The number of aryl methyl sites for hydroxylation is 2. The topological polar surface area (TPSA) is 29.1 Å². The number of carbonyl (C=O) groups is 1. The third-order valence-electron chi connectivity index (χ3n) is 5.64. The van der Waals surface area contributed by atoms with Crippen molar-refractivity contribution in [3.8, 4) is 0 Å². The van der Waals surface area contributed by atoms with Crippen molar-refractivity contribution >= 4 is 27.5 Å². The van der Waals surface area contributed by atoms with E-state index in [4.69, 9.17) is 0 Å². The Kier molecular flexibility index (Phi) is 4.65. The van der Waals surface area contributed by atoms with E-state index in [-0.39, 0.29) is 17.2 Å². The van der Waals surface area contributed by atoms with E-state index in [1.54, 1.807) is 0 Å². The van der Waals surface area contributed by atoms with Crippen molar-refractivity contribution in [1.29, 1.82) is 0 Å². The molecule has 0 unspecified atom stereocenters. The smallest absolute Gasteiger partial charge is 0.228 e. The highest BCUT2D eigenvalue weighted by molar-refractivity contribution is 9.10. The minimum absolute atomic E-state index is 0.0663. The molecule has 0 spiro atoms. The molecule has 2 nitrogen and oxygen atoms in total. The zero-order valence-corrected chi connectivity index (χ0v) is 17.1. The van der Waals surface area contributed by atoms with Crippen molar-refractivity contribution in [3.05, 3.63) is 99.5 Å². The van der Waals surface area contributed by atoms with Crippen LogP contribution in [0.5, 0.6) is 0 Å². The molecule has 1 saturated carbocycles. The van der Waals surface area contributed by atoms with Crippen LogP contribution >= 0.6 is 15.9 Å². The number of halogens is 1. The molecule has 0 aromatic heterocycles. The maximum absolute atomic E-state index is 13.1. The molecule has 3 aromatic carbocycles. The fraction of sp³-hybridized carbons (Fsp3) is 0.208. The SMILES string of the molecule is Cc1ccccc1C1(c2ccccc2C)C[C@@H]1C(=O)Nc1ccc(Br)cc1. The number of hydrogen-bond acceptors (Lipinski definition) is 1. The molecule has 3 aromatic rings. The monoisotopic (exact) mass is 419 g/mol. The van der Waals surface area contributed by atoms with E-state index < -0.39 is 0 Å². The van der Waals surface area contributed by atoms with Gasteiger partial charge in [-0.3, -0.25) is 4.79 Å². The molecule has 4 rings (SSSR count). The average molecular weight is 420 g/mol. The Morgan fingerprint density at radius 2 is 1.41 bits per heavy atom. The molecule has 3 heteroatoms. The molecule has 1 fully saturated rings. The summed E-state index contributed by atoms with van der Waals surface area (Å²) in [5.41, 5.74) is 5.58. The van der Waals surface area contributed by atoms with Crippen molar-refractivity contribution in [2.24, 2.45) is 5.92 Å². The van der Waals surface area contributed by atoms with Crippen LogP contribution in [-0.2, 0) is 10.2 Å². The summed E-state index contributed by atoms with van der Waals surface area (Å²) in [7, 11) is 0. The Bertz CT molecular complexity index is 948. The Balaban J connectivity index is 1.72. The van der Waals surface area contributed by atoms with E-state index in [0.29, 0.717) is 0 Å². The number of rotatable bonds is 4. The number of amides is 1. The van der Waals surface area contributed by atoms with Gasteiger partial charge in [-0.15, -0.1) is 0 Å². The van der Waals surface area contributed by atoms with Gasteiger partial charge in [-0.25, -0.2) is 0 Å². The van der Waals surface area contributed by atoms with Gasteiger partial charge in [-0.1, -0.05) is 64.5 Å². The summed E-state index contributed by atoms with van der Waals surface area (Å²) in [6.45, 7) is 4.27. The van der Waals surface area contributed by atoms with Gasteiger partial charge in [0.1, 0.15) is 0 Å². The van der Waals surface area contributed by atoms with E-state index in [1.165, 1.54) is 22.3 Å². The maximum atomic E-state index is 13.1. The standard InChI is InChI=1S/C24H22BrNO/c1-16-7-3-5-9-20(16)24(21-10-6-4-8-17(21)2)15-22(24)23(27)26-19-13-11-18(25)12-14-19/h3-14,22H,15H2,1-2H3,(H,26,27)/t22-/m1/s1. The molecule has 1 amide bonds. The van der Waals surface area contributed by atoms with Gasteiger partial charge in [0.25, 0.3) is 0 Å². The molecule has 27 heavy (non-hydrogen) atoms. The van der Waals surface area contributed by atoms with Crippen molar-refractivity contribution in [3.63, 3.8) is 0 Å². The van der Waals surface area contributed by atoms with Gasteiger partial charge in [-0.05, 0) is 66.8 Å². The molecular formula is C24H22BrNO. The van der Waals surface area contributed by atoms with E-state index in [1.807, 2.05) is 24.3 Å². The van der Waals surface area contributed by atoms with Gasteiger partial charge in [0.15, 0.2) is 0 Å². The molecule has 1 aliphatic rings. The summed E-state index contributed by atoms with van der Waals surface area (Å²) in [6.07, 6.45) is 0.838. The lowest BCUT2D eigenvalue weighted by Gasteiger charge is -2.23. The highest BCUT2D eigenvalue weighted by Gasteiger charge is 2.61. The Labute approximate surface area is 168 Å². The van der Waals surface area contributed by atoms with E-state index in [9.17, 15) is 4.79 Å². The van der Waals surface area contributed by atoms with Crippen molar-refractivity contribution in [1.82, 2.24) is 0 Å². The van der Waals surface area contributed by atoms with Gasteiger partial charge in [-0.2, -0.15) is 0 Å². The molecule has 136 valence electrons. The second-order valence-electron chi connectivity index (χ2n) is 7.35. The predicted octanol–water partition coefficient (Wildman–Crippen LogP) is 6.01. The average Bonchev–Trinajstić information content (AvgIpc) is 3.41. The van der Waals surface area contributed by atoms with Crippen LogP contribution in [0.2, 0.25) is 0 Å². The molecule has 1 atom stereocenters. The van der Waals surface area contributed by atoms with Crippen molar-refractivity contribution < 1.29 is 4.79 Å². The Morgan fingerprint density at radius 3 is 1.93 bits per heavy atom. The number of benzene rings is 3. The summed E-state index contributed by atoms with van der Waals surface area (Å²) < 4.78 is 1.00. The largest absolute Gasteiger partial charge is 0.326 e. The first kappa shape index (κ1) is 18.0. The third kappa shape index (κ3) is 3.21. The second-order valence-corrected chi connectivity index (χ2v) is 8.27. The quantitative estimate of drug-likeness (QED) is 0.550. The summed E-state index contributed by atoms with van der Waals surface area (Å²) in [4.78, 5) is 13.1. The first-order chi connectivity index (χ1) is 13.0. The lowest BCUT2D eigenvalue weighted by atomic mass is 9.81. The van der Waals surface area contributed by atoms with Crippen LogP contribution in [0.3, 0.4) is 0 Å². The lowest BCUT2D eigenvalue weighted by molar-refractivity contribution is -0.117. The van der Waals surface area contributed by atoms with Crippen LogP contribution in [0.25, 0.3) is 0 Å². The molecule has 0 saturated heterocycles. The van der Waals surface area contributed by atoms with Crippen molar-refractivity contribution in [2.75, 3.05) is 5.32 Å². The highest BCUT2D eigenvalue weighted by Crippen LogP contribution is 2.60. The first-order valence-electron chi connectivity index (χ1n) is 9.21. The van der Waals surface area contributed by atoms with Crippen LogP contribution in [0.4, 0.5) is 5.69 Å². The molecule has 0 bridgehead atoms. The predicted molar refractivity (Wildman–Crippen MR) is 114 cm³/mol. The van der Waals surface area contributed by atoms with Crippen LogP contribution in [0, 0.1) is 19.8 Å². The number of carbonyl (C=O) groups excluding carboxylic acids is 1. The van der Waals surface area contributed by atoms with Crippen molar-refractivity contribution in [2.45, 2.75) is 25.7 Å². The highest BCUT2D eigenvalue weighted by atomic mass is 79.9. The van der Waals surface area contributed by atoms with Crippen LogP contribution in [0.15, 0.2) is 77.3 Å².